The number of amides is 3. The minimum absolute atomic E-state index is 0.353. The summed E-state index contributed by atoms with van der Waals surface area (Å²) in [4.78, 5) is 24.1. The van der Waals surface area contributed by atoms with Crippen molar-refractivity contribution < 1.29 is 19.1 Å². The molecule has 2 aliphatic heterocycles. The smallest absolute Gasteiger partial charge is 0.346 e. The van der Waals surface area contributed by atoms with Gasteiger partial charge >= 0.3 is 6.03 Å². The molecule has 1 fully saturated rings. The third-order valence-electron chi connectivity index (χ3n) is 3.84. The molecule has 3 rings (SSSR count). The molecule has 0 bridgehead atoms. The van der Waals surface area contributed by atoms with Gasteiger partial charge in [-0.15, -0.1) is 5.01 Å². The number of carbonyl (C=O) groups excluding carboxylic acids is 2. The van der Waals surface area contributed by atoms with E-state index in [0.717, 1.165) is 10.6 Å². The summed E-state index contributed by atoms with van der Waals surface area (Å²) in [5.41, 5.74) is -0.170. The highest BCUT2D eigenvalue weighted by atomic mass is 16.6. The highest BCUT2D eigenvalue weighted by molar-refractivity contribution is 6.07. The predicted octanol–water partition coefficient (Wildman–Crippen LogP) is 1.51. The molecule has 7 heteroatoms. The van der Waals surface area contributed by atoms with Crippen LogP contribution in [0.1, 0.15) is 25.8 Å². The van der Waals surface area contributed by atoms with Gasteiger partial charge in [0.1, 0.15) is 18.8 Å². The highest BCUT2D eigenvalue weighted by Gasteiger charge is 2.46. The van der Waals surface area contributed by atoms with Crippen molar-refractivity contribution in [2.45, 2.75) is 25.8 Å². The number of nitrogens with one attached hydrogen (secondary N) is 1. The number of rotatable bonds is 3. The topological polar surface area (TPSA) is 80.2 Å². The number of hydrogen-bond donors (Lipinski definition) is 1. The second-order valence-electron chi connectivity index (χ2n) is 5.38. The van der Waals surface area contributed by atoms with Gasteiger partial charge in [-0.25, -0.2) is 4.79 Å². The van der Waals surface area contributed by atoms with E-state index in [4.69, 9.17) is 9.47 Å². The van der Waals surface area contributed by atoms with Gasteiger partial charge in [0, 0.05) is 0 Å². The molecule has 1 unspecified atom stereocenters. The molecule has 1 atom stereocenters. The Bertz CT molecular complexity index is 658. The summed E-state index contributed by atoms with van der Waals surface area (Å²) < 4.78 is 10.9. The molecular formula is C15H17N3O4. The number of benzene rings is 1. The molecule has 1 saturated heterocycles. The molecule has 0 radical (unpaired) electrons. The number of urea groups is 1. The Labute approximate surface area is 127 Å². The van der Waals surface area contributed by atoms with Gasteiger partial charge in [0.15, 0.2) is 11.5 Å². The molecule has 1 N–H and O–H groups in total. The molecule has 2 aliphatic rings. The van der Waals surface area contributed by atoms with Crippen molar-refractivity contribution in [2.75, 3.05) is 13.2 Å². The summed E-state index contributed by atoms with van der Waals surface area (Å²) in [6, 6.07) is 4.81. The van der Waals surface area contributed by atoms with Gasteiger partial charge < -0.3 is 14.8 Å². The molecule has 2 heterocycles. The molecule has 3 amide bonds. The highest BCUT2D eigenvalue weighted by Crippen LogP contribution is 2.30. The average molecular weight is 303 g/mol. The number of carbonyl (C=O) groups is 2. The summed E-state index contributed by atoms with van der Waals surface area (Å²) in [7, 11) is 0. The molecule has 1 aromatic rings. The summed E-state index contributed by atoms with van der Waals surface area (Å²) in [5.74, 6) is 0.955. The first-order chi connectivity index (χ1) is 10.5. The van der Waals surface area contributed by atoms with Crippen LogP contribution in [-0.2, 0) is 4.79 Å². The first-order valence-electron chi connectivity index (χ1n) is 7.14. The predicted molar refractivity (Wildman–Crippen MR) is 79.1 cm³/mol. The Kier molecular flexibility index (Phi) is 3.48. The van der Waals surface area contributed by atoms with E-state index < -0.39 is 11.6 Å². The number of hydrogen-bond acceptors (Lipinski definition) is 5. The van der Waals surface area contributed by atoms with Crippen LogP contribution >= 0.6 is 0 Å². The van der Waals surface area contributed by atoms with Gasteiger partial charge in [-0.3, -0.25) is 4.79 Å². The van der Waals surface area contributed by atoms with Crippen LogP contribution in [0.2, 0.25) is 0 Å². The van der Waals surface area contributed by atoms with Gasteiger partial charge in [0.25, 0.3) is 5.91 Å². The van der Waals surface area contributed by atoms with Crippen LogP contribution in [0.3, 0.4) is 0 Å². The lowest BCUT2D eigenvalue weighted by Crippen LogP contribution is -2.42. The monoisotopic (exact) mass is 303 g/mol. The fraction of sp³-hybridized carbons (Fsp3) is 0.400. The largest absolute Gasteiger partial charge is 0.486 e. The quantitative estimate of drug-likeness (QED) is 0.678. The standard InChI is InChI=1S/C15H17N3O4/c1-3-15(2)13(19)18(14(20)17-15)16-9-10-4-5-11-12(8-10)22-7-6-21-11/h4-5,8-9H,3,6-7H2,1-2H3,(H,17,20). The van der Waals surface area contributed by atoms with Crippen molar-refractivity contribution in [3.63, 3.8) is 0 Å². The van der Waals surface area contributed by atoms with Crippen LogP contribution in [-0.4, -0.2) is 41.9 Å². The second-order valence-corrected chi connectivity index (χ2v) is 5.38. The zero-order chi connectivity index (χ0) is 15.7. The minimum atomic E-state index is -0.888. The number of nitrogens with zero attached hydrogens (tertiary/aromatic N) is 2. The summed E-state index contributed by atoms with van der Waals surface area (Å²) in [6.07, 6.45) is 1.96. The molecule has 0 aliphatic carbocycles. The van der Waals surface area contributed by atoms with E-state index in [1.54, 1.807) is 25.1 Å². The molecule has 22 heavy (non-hydrogen) atoms. The maximum atomic E-state index is 12.2. The molecule has 1 aromatic carbocycles. The maximum absolute atomic E-state index is 12.2. The molecule has 0 spiro atoms. The zero-order valence-corrected chi connectivity index (χ0v) is 12.5. The fourth-order valence-corrected chi connectivity index (χ4v) is 2.28. The van der Waals surface area contributed by atoms with Crippen LogP contribution in [0.25, 0.3) is 0 Å². The van der Waals surface area contributed by atoms with E-state index in [-0.39, 0.29) is 5.91 Å². The van der Waals surface area contributed by atoms with Crippen molar-refractivity contribution in [3.8, 4) is 11.5 Å². The van der Waals surface area contributed by atoms with Crippen LogP contribution in [0.4, 0.5) is 4.79 Å². The number of hydrazone groups is 1. The summed E-state index contributed by atoms with van der Waals surface area (Å²) in [6.45, 7) is 4.55. The summed E-state index contributed by atoms with van der Waals surface area (Å²) >= 11 is 0. The van der Waals surface area contributed by atoms with Crippen LogP contribution in [0, 0.1) is 0 Å². The second kappa shape index (κ2) is 5.32. The van der Waals surface area contributed by atoms with Crippen LogP contribution in [0.15, 0.2) is 23.3 Å². The Morgan fingerprint density at radius 3 is 2.73 bits per heavy atom. The maximum Gasteiger partial charge on any atom is 0.346 e. The fourth-order valence-electron chi connectivity index (χ4n) is 2.28. The lowest BCUT2D eigenvalue weighted by atomic mass is 10.00. The van der Waals surface area contributed by atoms with Gasteiger partial charge in [-0.2, -0.15) is 5.10 Å². The van der Waals surface area contributed by atoms with E-state index >= 15 is 0 Å². The molecule has 0 aromatic heterocycles. The van der Waals surface area contributed by atoms with Gasteiger partial charge in [0.05, 0.1) is 6.21 Å². The van der Waals surface area contributed by atoms with Gasteiger partial charge in [-0.05, 0) is 37.1 Å². The number of ether oxygens (including phenoxy) is 2. The van der Waals surface area contributed by atoms with E-state index in [2.05, 4.69) is 10.4 Å². The lowest BCUT2D eigenvalue weighted by Gasteiger charge is -2.18. The first kappa shape index (κ1) is 14.4. The zero-order valence-electron chi connectivity index (χ0n) is 12.5. The third kappa shape index (κ3) is 2.38. The number of fused-ring (bicyclic) bond motifs is 1. The van der Waals surface area contributed by atoms with Crippen molar-refractivity contribution in [2.24, 2.45) is 5.10 Å². The Balaban J connectivity index is 1.80. The molecule has 0 saturated carbocycles. The Hall–Kier alpha value is -2.57. The third-order valence-corrected chi connectivity index (χ3v) is 3.84. The normalized spacial score (nSPS) is 24.0. The van der Waals surface area contributed by atoms with E-state index in [0.29, 0.717) is 31.1 Å². The Morgan fingerprint density at radius 1 is 1.32 bits per heavy atom. The molecular weight excluding hydrogens is 286 g/mol. The first-order valence-corrected chi connectivity index (χ1v) is 7.14. The SMILES string of the molecule is CCC1(C)NC(=O)N(N=Cc2ccc3c(c2)OCCO3)C1=O. The van der Waals surface area contributed by atoms with Crippen molar-refractivity contribution in [1.82, 2.24) is 10.3 Å². The molecule has 7 nitrogen and oxygen atoms in total. The van der Waals surface area contributed by atoms with Gasteiger partial charge in [-0.1, -0.05) is 6.92 Å². The minimum Gasteiger partial charge on any atom is -0.486 e. The Morgan fingerprint density at radius 2 is 2.05 bits per heavy atom. The summed E-state index contributed by atoms with van der Waals surface area (Å²) in [5, 5.41) is 7.50. The molecule has 116 valence electrons. The lowest BCUT2D eigenvalue weighted by molar-refractivity contribution is -0.130. The average Bonchev–Trinajstić information content (AvgIpc) is 2.75. The van der Waals surface area contributed by atoms with E-state index in [1.807, 2.05) is 6.92 Å². The van der Waals surface area contributed by atoms with Gasteiger partial charge in [0.2, 0.25) is 0 Å². The van der Waals surface area contributed by atoms with Crippen LogP contribution in [0.5, 0.6) is 11.5 Å². The van der Waals surface area contributed by atoms with E-state index in [9.17, 15) is 9.59 Å². The number of imide groups is 1. The van der Waals surface area contributed by atoms with Crippen LogP contribution < -0.4 is 14.8 Å². The van der Waals surface area contributed by atoms with Crippen molar-refractivity contribution in [1.29, 1.82) is 0 Å². The van der Waals surface area contributed by atoms with Crippen molar-refractivity contribution >= 4 is 18.2 Å². The van der Waals surface area contributed by atoms with Crippen molar-refractivity contribution in [3.05, 3.63) is 23.8 Å². The van der Waals surface area contributed by atoms with E-state index in [1.165, 1.54) is 6.21 Å².